The van der Waals surface area contributed by atoms with Crippen LogP contribution in [0.1, 0.15) is 27.7 Å². The third-order valence-corrected chi connectivity index (χ3v) is 6.20. The number of aromatic amines is 1. The van der Waals surface area contributed by atoms with Crippen LogP contribution in [0.5, 0.6) is 0 Å². The molecule has 9 heteroatoms. The van der Waals surface area contributed by atoms with Gasteiger partial charge in [0.25, 0.3) is 11.5 Å². The van der Waals surface area contributed by atoms with Crippen LogP contribution in [0, 0.1) is 23.3 Å². The van der Waals surface area contributed by atoms with Gasteiger partial charge in [0.1, 0.15) is 11.6 Å². The lowest BCUT2D eigenvalue weighted by Gasteiger charge is -2.34. The zero-order chi connectivity index (χ0) is 24.9. The van der Waals surface area contributed by atoms with Gasteiger partial charge in [-0.15, -0.1) is 0 Å². The van der Waals surface area contributed by atoms with E-state index in [1.807, 2.05) is 0 Å². The fourth-order valence-corrected chi connectivity index (χ4v) is 4.40. The second kappa shape index (κ2) is 8.66. The number of aromatic nitrogens is 1. The number of nitrogens with zero attached hydrogens (tertiary/aromatic N) is 1. The summed E-state index contributed by atoms with van der Waals surface area (Å²) in [5.74, 6) is -3.94. The molecule has 1 aliphatic heterocycles. The second-order valence-corrected chi connectivity index (χ2v) is 8.31. The first-order valence-corrected chi connectivity index (χ1v) is 10.7. The SMILES string of the molecule is CN(C(=O)c1ccc(-c2ccc(F)cc2)c(F)c1)[C@@H]1COCc2[nH]c(=O)c3cc(F)c(F)cc3c21. The molecule has 5 nitrogen and oxygen atoms in total. The summed E-state index contributed by atoms with van der Waals surface area (Å²) in [7, 11) is 1.48. The minimum absolute atomic E-state index is 0.0268. The van der Waals surface area contributed by atoms with E-state index in [1.165, 1.54) is 48.3 Å². The average molecular weight is 482 g/mol. The van der Waals surface area contributed by atoms with E-state index in [-0.39, 0.29) is 35.1 Å². The summed E-state index contributed by atoms with van der Waals surface area (Å²) in [4.78, 5) is 29.6. The molecule has 4 aromatic rings. The fourth-order valence-electron chi connectivity index (χ4n) is 4.40. The molecular weight excluding hydrogens is 464 g/mol. The van der Waals surface area contributed by atoms with Crippen LogP contribution in [-0.4, -0.2) is 29.4 Å². The van der Waals surface area contributed by atoms with Gasteiger partial charge in [-0.3, -0.25) is 9.59 Å². The van der Waals surface area contributed by atoms with Crippen LogP contribution < -0.4 is 5.56 Å². The van der Waals surface area contributed by atoms with Gasteiger partial charge in [0, 0.05) is 29.4 Å². The summed E-state index contributed by atoms with van der Waals surface area (Å²) < 4.78 is 61.5. The third-order valence-electron chi connectivity index (χ3n) is 6.20. The predicted octanol–water partition coefficient (Wildman–Crippen LogP) is 5.10. The van der Waals surface area contributed by atoms with Crippen LogP contribution in [0.15, 0.2) is 59.4 Å². The topological polar surface area (TPSA) is 62.4 Å². The predicted molar refractivity (Wildman–Crippen MR) is 121 cm³/mol. The van der Waals surface area contributed by atoms with Crippen molar-refractivity contribution in [3.05, 3.63) is 105 Å². The van der Waals surface area contributed by atoms with Gasteiger partial charge in [0.05, 0.1) is 24.6 Å². The first-order valence-electron chi connectivity index (χ1n) is 10.7. The van der Waals surface area contributed by atoms with Gasteiger partial charge in [0.2, 0.25) is 0 Å². The molecule has 0 saturated carbocycles. The molecule has 0 radical (unpaired) electrons. The minimum Gasteiger partial charge on any atom is -0.373 e. The maximum absolute atomic E-state index is 14.9. The van der Waals surface area contributed by atoms with E-state index in [9.17, 15) is 27.2 Å². The lowest BCUT2D eigenvalue weighted by atomic mass is 9.95. The molecule has 0 unspecified atom stereocenters. The van der Waals surface area contributed by atoms with Gasteiger partial charge < -0.3 is 14.6 Å². The molecule has 1 aliphatic rings. The Balaban J connectivity index is 1.53. The molecule has 35 heavy (non-hydrogen) atoms. The number of halogens is 4. The zero-order valence-corrected chi connectivity index (χ0v) is 18.4. The van der Waals surface area contributed by atoms with Crippen molar-refractivity contribution in [2.24, 2.45) is 0 Å². The summed E-state index contributed by atoms with van der Waals surface area (Å²) in [5.41, 5.74) is 0.890. The highest BCUT2D eigenvalue weighted by molar-refractivity contribution is 5.95. The Morgan fingerprint density at radius 1 is 0.943 bits per heavy atom. The number of hydrogen-bond acceptors (Lipinski definition) is 3. The van der Waals surface area contributed by atoms with E-state index in [2.05, 4.69) is 4.98 Å². The van der Waals surface area contributed by atoms with Crippen molar-refractivity contribution in [1.29, 1.82) is 0 Å². The first kappa shape index (κ1) is 22.8. The quantitative estimate of drug-likeness (QED) is 0.414. The van der Waals surface area contributed by atoms with E-state index in [0.717, 1.165) is 18.2 Å². The number of nitrogens with one attached hydrogen (secondary N) is 1. The molecule has 0 bridgehead atoms. The monoisotopic (exact) mass is 482 g/mol. The molecule has 1 amide bonds. The summed E-state index contributed by atoms with van der Waals surface area (Å²) in [6.07, 6.45) is 0. The van der Waals surface area contributed by atoms with Gasteiger partial charge in [-0.2, -0.15) is 0 Å². The number of pyridine rings is 1. The second-order valence-electron chi connectivity index (χ2n) is 8.31. The largest absolute Gasteiger partial charge is 0.373 e. The summed E-state index contributed by atoms with van der Waals surface area (Å²) in [6.45, 7) is 0.0601. The molecule has 0 spiro atoms. The molecule has 1 atom stereocenters. The Morgan fingerprint density at radius 2 is 1.63 bits per heavy atom. The van der Waals surface area contributed by atoms with Gasteiger partial charge in [-0.05, 0) is 47.3 Å². The normalized spacial score (nSPS) is 15.2. The maximum Gasteiger partial charge on any atom is 0.256 e. The lowest BCUT2D eigenvalue weighted by molar-refractivity contribution is 0.0335. The molecule has 1 aromatic heterocycles. The molecule has 1 N–H and O–H groups in total. The molecular formula is C26H18F4N2O3. The number of H-pyrrole nitrogens is 1. The number of amides is 1. The maximum atomic E-state index is 14.9. The number of hydrogen-bond donors (Lipinski definition) is 1. The Labute approximate surface area is 196 Å². The van der Waals surface area contributed by atoms with Crippen molar-refractivity contribution in [2.45, 2.75) is 12.6 Å². The third kappa shape index (κ3) is 3.97. The highest BCUT2D eigenvalue weighted by Gasteiger charge is 2.31. The Morgan fingerprint density at radius 3 is 2.31 bits per heavy atom. The van der Waals surface area contributed by atoms with Crippen molar-refractivity contribution in [3.8, 4) is 11.1 Å². The lowest BCUT2D eigenvalue weighted by Crippen LogP contribution is -2.37. The molecule has 5 rings (SSSR count). The van der Waals surface area contributed by atoms with E-state index in [1.54, 1.807) is 0 Å². The highest BCUT2D eigenvalue weighted by Crippen LogP contribution is 2.34. The number of carbonyl (C=O) groups is 1. The van der Waals surface area contributed by atoms with Gasteiger partial charge in [-0.25, -0.2) is 17.6 Å². The van der Waals surface area contributed by atoms with Gasteiger partial charge >= 0.3 is 0 Å². The standard InChI is InChI=1S/C26H18F4N2O3/c1-32(26(34)14-4-7-16(19(28)8-14)13-2-5-15(27)6-3-13)23-12-35-11-22-24(23)17-9-20(29)21(30)10-18(17)25(33)31-22/h2-10,23H,11-12H2,1H3,(H,31,33)/t23-/m1/s1. The Bertz CT molecular complexity index is 1530. The van der Waals surface area contributed by atoms with E-state index < -0.39 is 40.8 Å². The summed E-state index contributed by atoms with van der Waals surface area (Å²) >= 11 is 0. The molecule has 3 aromatic carbocycles. The molecule has 178 valence electrons. The molecule has 2 heterocycles. The average Bonchev–Trinajstić information content (AvgIpc) is 2.84. The van der Waals surface area contributed by atoms with Crippen molar-refractivity contribution in [1.82, 2.24) is 9.88 Å². The van der Waals surface area contributed by atoms with Crippen molar-refractivity contribution in [3.63, 3.8) is 0 Å². The first-order chi connectivity index (χ1) is 16.7. The van der Waals surface area contributed by atoms with Gasteiger partial charge in [-0.1, -0.05) is 18.2 Å². The van der Waals surface area contributed by atoms with Crippen LogP contribution in [0.25, 0.3) is 21.9 Å². The minimum atomic E-state index is -1.16. The summed E-state index contributed by atoms with van der Waals surface area (Å²) in [6, 6.07) is 10.3. The van der Waals surface area contributed by atoms with E-state index in [4.69, 9.17) is 4.74 Å². The fraction of sp³-hybridized carbons (Fsp3) is 0.154. The van der Waals surface area contributed by atoms with Crippen molar-refractivity contribution < 1.29 is 27.1 Å². The number of benzene rings is 3. The number of ether oxygens (including phenoxy) is 1. The van der Waals surface area contributed by atoms with Crippen LogP contribution >= 0.6 is 0 Å². The van der Waals surface area contributed by atoms with E-state index >= 15 is 0 Å². The van der Waals surface area contributed by atoms with E-state index in [0.29, 0.717) is 16.8 Å². The molecule has 0 aliphatic carbocycles. The van der Waals surface area contributed by atoms with Crippen LogP contribution in [0.3, 0.4) is 0 Å². The highest BCUT2D eigenvalue weighted by atomic mass is 19.2. The Kier molecular flexibility index (Phi) is 5.64. The van der Waals surface area contributed by atoms with Crippen LogP contribution in [0.4, 0.5) is 17.6 Å². The van der Waals surface area contributed by atoms with Crippen molar-refractivity contribution >= 4 is 16.7 Å². The van der Waals surface area contributed by atoms with Crippen molar-refractivity contribution in [2.75, 3.05) is 13.7 Å². The molecule has 0 fully saturated rings. The molecule has 0 saturated heterocycles. The van der Waals surface area contributed by atoms with Gasteiger partial charge in [0.15, 0.2) is 11.6 Å². The zero-order valence-electron chi connectivity index (χ0n) is 18.4. The number of likely N-dealkylation sites (N-methyl/N-ethyl adjacent to an activating group) is 1. The summed E-state index contributed by atoms with van der Waals surface area (Å²) in [5, 5.41) is 0.124. The Hall–Kier alpha value is -3.98. The number of rotatable bonds is 3. The van der Waals surface area contributed by atoms with Crippen LogP contribution in [-0.2, 0) is 11.3 Å². The number of fused-ring (bicyclic) bond motifs is 3. The smallest absolute Gasteiger partial charge is 0.256 e. The number of carbonyl (C=O) groups excluding carboxylic acids is 1. The van der Waals surface area contributed by atoms with Crippen LogP contribution in [0.2, 0.25) is 0 Å².